The van der Waals surface area contributed by atoms with Crippen LogP contribution in [0.1, 0.15) is 6.42 Å². The van der Waals surface area contributed by atoms with Gasteiger partial charge in [0.25, 0.3) is 0 Å². The molecular formula is C13H19N4O3S+. The second kappa shape index (κ2) is 6.04. The molecule has 8 heteroatoms. The maximum atomic E-state index is 12.0. The summed E-state index contributed by atoms with van der Waals surface area (Å²) in [6.45, 7) is 0.595. The van der Waals surface area contributed by atoms with Gasteiger partial charge in [0.2, 0.25) is 16.4 Å². The Morgan fingerprint density at radius 3 is 2.81 bits per heavy atom. The topological polar surface area (TPSA) is 101 Å². The van der Waals surface area contributed by atoms with Crippen LogP contribution in [0.2, 0.25) is 0 Å². The first-order valence-electron chi connectivity index (χ1n) is 6.46. The number of phenols is 1. The monoisotopic (exact) mass is 311 g/mol. The van der Waals surface area contributed by atoms with E-state index in [4.69, 9.17) is 5.73 Å². The summed E-state index contributed by atoms with van der Waals surface area (Å²) in [4.78, 5) is 0. The summed E-state index contributed by atoms with van der Waals surface area (Å²) in [6, 6.07) is 4.46. The molecule has 0 unspecified atom stereocenters. The molecule has 114 valence electrons. The molecule has 4 N–H and O–H groups in total. The van der Waals surface area contributed by atoms with Crippen molar-refractivity contribution in [1.82, 2.24) is 4.57 Å². The summed E-state index contributed by atoms with van der Waals surface area (Å²) in [5.74, 6) is -0.237. The molecule has 0 amide bonds. The quantitative estimate of drug-likeness (QED) is 0.409. The molecule has 0 aliphatic rings. The maximum Gasteiger partial charge on any atom is 0.243 e. The SMILES string of the molecule is C[n+]1ccn(CCCS(=O)(=O)Nc2c(N)cccc2O)c1. The Kier molecular flexibility index (Phi) is 4.37. The van der Waals surface area contributed by atoms with Crippen LogP contribution in [0.25, 0.3) is 0 Å². The molecule has 0 saturated carbocycles. The van der Waals surface area contributed by atoms with Crippen molar-refractivity contribution >= 4 is 21.4 Å². The fourth-order valence-electron chi connectivity index (χ4n) is 1.95. The van der Waals surface area contributed by atoms with Gasteiger partial charge in [-0.1, -0.05) is 6.07 Å². The van der Waals surface area contributed by atoms with E-state index in [1.165, 1.54) is 12.1 Å². The number of nitrogens with two attached hydrogens (primary N) is 1. The molecule has 0 aliphatic heterocycles. The average Bonchev–Trinajstić information content (AvgIpc) is 2.80. The van der Waals surface area contributed by atoms with Crippen molar-refractivity contribution in [2.45, 2.75) is 13.0 Å². The molecule has 0 fully saturated rings. The summed E-state index contributed by atoms with van der Waals surface area (Å²) in [6.07, 6.45) is 6.09. The Balaban J connectivity index is 1.96. The number of benzene rings is 1. The van der Waals surface area contributed by atoms with Gasteiger partial charge in [-0.15, -0.1) is 0 Å². The predicted octanol–water partition coefficient (Wildman–Crippen LogP) is 0.432. The Labute approximate surface area is 123 Å². The standard InChI is InChI=1S/C13H18N4O3S/c1-16-7-8-17(10-16)6-3-9-21(19,20)15-13-11(14)4-2-5-12(13)18/h2,4-5,7-8,10,15H,3,6,9,14H2,1H3/p+1. The highest BCUT2D eigenvalue weighted by molar-refractivity contribution is 7.92. The summed E-state index contributed by atoms with van der Waals surface area (Å²) in [7, 11) is -1.65. The van der Waals surface area contributed by atoms with Crippen molar-refractivity contribution in [1.29, 1.82) is 0 Å². The lowest BCUT2D eigenvalue weighted by Crippen LogP contribution is -2.24. The van der Waals surface area contributed by atoms with Crippen LogP contribution < -0.4 is 15.0 Å². The number of aromatic nitrogens is 2. The van der Waals surface area contributed by atoms with E-state index in [0.717, 1.165) is 0 Å². The number of sulfonamides is 1. The van der Waals surface area contributed by atoms with Crippen LogP contribution >= 0.6 is 0 Å². The first-order chi connectivity index (χ1) is 9.87. The van der Waals surface area contributed by atoms with Gasteiger partial charge in [0, 0.05) is 6.42 Å². The minimum atomic E-state index is -3.55. The number of para-hydroxylation sites is 1. The zero-order valence-corrected chi connectivity index (χ0v) is 12.5. The zero-order chi connectivity index (χ0) is 15.5. The number of phenolic OH excluding ortho intramolecular Hbond substituents is 1. The number of anilines is 2. The third-order valence-corrected chi connectivity index (χ3v) is 4.33. The first-order valence-corrected chi connectivity index (χ1v) is 8.11. The van der Waals surface area contributed by atoms with Crippen LogP contribution in [-0.2, 0) is 23.6 Å². The van der Waals surface area contributed by atoms with Crippen molar-refractivity contribution in [3.63, 3.8) is 0 Å². The van der Waals surface area contributed by atoms with E-state index < -0.39 is 10.0 Å². The fourth-order valence-corrected chi connectivity index (χ4v) is 3.09. The van der Waals surface area contributed by atoms with E-state index in [1.807, 2.05) is 34.9 Å². The van der Waals surface area contributed by atoms with Gasteiger partial charge in [0.15, 0.2) is 0 Å². The molecule has 1 aromatic heterocycles. The van der Waals surface area contributed by atoms with Gasteiger partial charge < -0.3 is 10.8 Å². The van der Waals surface area contributed by atoms with Crippen LogP contribution in [0.5, 0.6) is 5.75 Å². The maximum absolute atomic E-state index is 12.0. The van der Waals surface area contributed by atoms with E-state index in [-0.39, 0.29) is 22.9 Å². The summed E-state index contributed by atoms with van der Waals surface area (Å²) >= 11 is 0. The highest BCUT2D eigenvalue weighted by atomic mass is 32.2. The fraction of sp³-hybridized carbons (Fsp3) is 0.308. The molecule has 2 aromatic rings. The van der Waals surface area contributed by atoms with Gasteiger partial charge in [-0.05, 0) is 12.1 Å². The molecule has 7 nitrogen and oxygen atoms in total. The molecule has 0 radical (unpaired) electrons. The second-order valence-electron chi connectivity index (χ2n) is 4.83. The second-order valence-corrected chi connectivity index (χ2v) is 6.67. The molecule has 2 rings (SSSR count). The molecule has 0 bridgehead atoms. The van der Waals surface area contributed by atoms with Crippen molar-refractivity contribution < 1.29 is 18.1 Å². The predicted molar refractivity (Wildman–Crippen MR) is 80.2 cm³/mol. The number of imidazole rings is 1. The minimum Gasteiger partial charge on any atom is -0.506 e. The number of nitrogen functional groups attached to an aromatic ring is 1. The van der Waals surface area contributed by atoms with Crippen LogP contribution in [-0.4, -0.2) is 23.8 Å². The van der Waals surface area contributed by atoms with Gasteiger partial charge in [-0.3, -0.25) is 4.72 Å². The average molecular weight is 311 g/mol. The Hall–Kier alpha value is -2.22. The zero-order valence-electron chi connectivity index (χ0n) is 11.7. The van der Waals surface area contributed by atoms with Gasteiger partial charge in [0.1, 0.15) is 23.8 Å². The first kappa shape index (κ1) is 15.2. The third-order valence-electron chi connectivity index (χ3n) is 2.99. The van der Waals surface area contributed by atoms with Gasteiger partial charge in [-0.2, -0.15) is 0 Å². The van der Waals surface area contributed by atoms with Crippen molar-refractivity contribution in [2.75, 3.05) is 16.2 Å². The van der Waals surface area contributed by atoms with E-state index in [0.29, 0.717) is 13.0 Å². The molecule has 0 aliphatic carbocycles. The number of aromatic hydroxyl groups is 1. The molecule has 0 saturated heterocycles. The minimum absolute atomic E-state index is 0.0323. The van der Waals surface area contributed by atoms with Crippen molar-refractivity contribution in [3.8, 4) is 5.75 Å². The molecule has 0 atom stereocenters. The van der Waals surface area contributed by atoms with Crippen LogP contribution in [0.15, 0.2) is 36.9 Å². The van der Waals surface area contributed by atoms with Crippen LogP contribution in [0, 0.1) is 0 Å². The van der Waals surface area contributed by atoms with Crippen LogP contribution in [0.4, 0.5) is 11.4 Å². The van der Waals surface area contributed by atoms with E-state index in [2.05, 4.69) is 4.72 Å². The van der Waals surface area contributed by atoms with E-state index in [1.54, 1.807) is 6.07 Å². The Bertz CT molecular complexity index is 705. The lowest BCUT2D eigenvalue weighted by molar-refractivity contribution is -0.671. The molecular weight excluding hydrogens is 292 g/mol. The lowest BCUT2D eigenvalue weighted by atomic mass is 10.2. The molecule has 21 heavy (non-hydrogen) atoms. The number of hydrogen-bond donors (Lipinski definition) is 3. The van der Waals surface area contributed by atoms with Crippen molar-refractivity contribution in [2.24, 2.45) is 7.05 Å². The number of rotatable bonds is 6. The Morgan fingerprint density at radius 2 is 2.19 bits per heavy atom. The molecule has 1 heterocycles. The van der Waals surface area contributed by atoms with Crippen molar-refractivity contribution in [3.05, 3.63) is 36.9 Å². The summed E-state index contributed by atoms with van der Waals surface area (Å²) in [5.41, 5.74) is 5.88. The lowest BCUT2D eigenvalue weighted by Gasteiger charge is -2.11. The largest absolute Gasteiger partial charge is 0.506 e. The van der Waals surface area contributed by atoms with Gasteiger partial charge in [-0.25, -0.2) is 17.6 Å². The number of aryl methyl sites for hydroxylation is 2. The number of hydrogen-bond acceptors (Lipinski definition) is 4. The molecule has 0 spiro atoms. The third kappa shape index (κ3) is 4.12. The van der Waals surface area contributed by atoms with E-state index in [9.17, 15) is 13.5 Å². The highest BCUT2D eigenvalue weighted by Crippen LogP contribution is 2.30. The van der Waals surface area contributed by atoms with E-state index >= 15 is 0 Å². The van der Waals surface area contributed by atoms with Crippen LogP contribution in [0.3, 0.4) is 0 Å². The number of nitrogens with one attached hydrogen (secondary N) is 1. The Morgan fingerprint density at radius 1 is 1.43 bits per heavy atom. The highest BCUT2D eigenvalue weighted by Gasteiger charge is 2.15. The van der Waals surface area contributed by atoms with Gasteiger partial charge >= 0.3 is 0 Å². The van der Waals surface area contributed by atoms with Gasteiger partial charge in [0.05, 0.1) is 25.0 Å². The normalized spacial score (nSPS) is 11.5. The summed E-state index contributed by atoms with van der Waals surface area (Å²) < 4.78 is 30.1. The molecule has 1 aromatic carbocycles. The summed E-state index contributed by atoms with van der Waals surface area (Å²) in [5, 5.41) is 9.65. The number of nitrogens with zero attached hydrogens (tertiary/aromatic N) is 2. The smallest absolute Gasteiger partial charge is 0.243 e.